The molecule has 20 heavy (non-hydrogen) atoms. The molecule has 0 unspecified atom stereocenters. The zero-order valence-electron chi connectivity index (χ0n) is 12.2. The fourth-order valence-electron chi connectivity index (χ4n) is 2.37. The van der Waals surface area contributed by atoms with E-state index in [0.717, 1.165) is 40.8 Å². The van der Waals surface area contributed by atoms with Crippen LogP contribution in [0.3, 0.4) is 0 Å². The summed E-state index contributed by atoms with van der Waals surface area (Å²) in [6, 6.07) is 6.59. The lowest BCUT2D eigenvalue weighted by atomic mass is 10.0. The first-order valence-corrected chi connectivity index (χ1v) is 7.84. The van der Waals surface area contributed by atoms with Crippen LogP contribution in [0.15, 0.2) is 28.7 Å². The van der Waals surface area contributed by atoms with Crippen LogP contribution in [-0.2, 0) is 6.54 Å². The van der Waals surface area contributed by atoms with Crippen molar-refractivity contribution in [2.75, 3.05) is 0 Å². The molecule has 0 aliphatic heterocycles. The van der Waals surface area contributed by atoms with E-state index in [0.29, 0.717) is 5.92 Å². The van der Waals surface area contributed by atoms with Crippen molar-refractivity contribution in [3.63, 3.8) is 0 Å². The molecule has 0 saturated heterocycles. The molecule has 2 aromatic rings. The first kappa shape index (κ1) is 15.2. The molecule has 0 aliphatic rings. The monoisotopic (exact) mass is 338 g/mol. The van der Waals surface area contributed by atoms with Crippen molar-refractivity contribution in [3.05, 3.63) is 40.2 Å². The number of aryl methyl sites for hydroxylation is 1. The fraction of sp³-hybridized carbons (Fsp3) is 0.438. The lowest BCUT2D eigenvalue weighted by Gasteiger charge is -2.15. The Morgan fingerprint density at radius 1 is 1.20 bits per heavy atom. The lowest BCUT2D eigenvalue weighted by Crippen LogP contribution is -2.11. The Labute approximate surface area is 128 Å². The Morgan fingerprint density at radius 2 is 1.80 bits per heavy atom. The molecule has 1 aromatic heterocycles. The standard InChI is InChI=1S/C16H20BrFN2/c1-4-12(5-2)10-20-16(15(17)11(3)19-20)13-6-8-14(18)9-7-13/h6-9,12H,4-5,10H2,1-3H3. The highest BCUT2D eigenvalue weighted by molar-refractivity contribution is 9.10. The van der Waals surface area contributed by atoms with Gasteiger partial charge in [-0.25, -0.2) is 4.39 Å². The van der Waals surface area contributed by atoms with E-state index >= 15 is 0 Å². The number of halogens is 2. The molecule has 0 N–H and O–H groups in total. The maximum absolute atomic E-state index is 13.1. The number of benzene rings is 1. The zero-order valence-corrected chi connectivity index (χ0v) is 13.7. The molecule has 0 fully saturated rings. The van der Waals surface area contributed by atoms with E-state index in [2.05, 4.69) is 34.9 Å². The van der Waals surface area contributed by atoms with Crippen LogP contribution in [-0.4, -0.2) is 9.78 Å². The molecule has 0 atom stereocenters. The quantitative estimate of drug-likeness (QED) is 0.732. The molecule has 2 nitrogen and oxygen atoms in total. The minimum atomic E-state index is -0.215. The third kappa shape index (κ3) is 3.11. The Bertz CT molecular complexity index is 571. The Hall–Kier alpha value is -1.16. The van der Waals surface area contributed by atoms with Crippen LogP contribution in [0.25, 0.3) is 11.3 Å². The van der Waals surface area contributed by atoms with Gasteiger partial charge in [-0.15, -0.1) is 0 Å². The third-order valence-electron chi connectivity index (χ3n) is 3.76. The normalized spacial score (nSPS) is 11.3. The van der Waals surface area contributed by atoms with E-state index in [9.17, 15) is 4.39 Å². The fourth-order valence-corrected chi connectivity index (χ4v) is 2.88. The van der Waals surface area contributed by atoms with E-state index in [4.69, 9.17) is 0 Å². The maximum Gasteiger partial charge on any atom is 0.123 e. The van der Waals surface area contributed by atoms with Crippen LogP contribution in [0, 0.1) is 18.7 Å². The smallest absolute Gasteiger partial charge is 0.123 e. The van der Waals surface area contributed by atoms with Crippen molar-refractivity contribution in [1.82, 2.24) is 9.78 Å². The summed E-state index contributed by atoms with van der Waals surface area (Å²) in [5.74, 6) is 0.396. The first-order chi connectivity index (χ1) is 9.56. The molecule has 0 bridgehead atoms. The molecule has 108 valence electrons. The van der Waals surface area contributed by atoms with Crippen LogP contribution < -0.4 is 0 Å². The highest BCUT2D eigenvalue weighted by atomic mass is 79.9. The van der Waals surface area contributed by atoms with Crippen LogP contribution in [0.5, 0.6) is 0 Å². The molecule has 0 aliphatic carbocycles. The van der Waals surface area contributed by atoms with Crippen LogP contribution in [0.1, 0.15) is 32.4 Å². The first-order valence-electron chi connectivity index (χ1n) is 7.05. The Kier molecular flexibility index (Phi) is 4.97. The summed E-state index contributed by atoms with van der Waals surface area (Å²) in [4.78, 5) is 0. The van der Waals surface area contributed by atoms with Gasteiger partial charge in [0.2, 0.25) is 0 Å². The topological polar surface area (TPSA) is 17.8 Å². The molecule has 4 heteroatoms. The molecule has 1 aromatic carbocycles. The van der Waals surface area contributed by atoms with Crippen molar-refractivity contribution in [2.45, 2.75) is 40.2 Å². The van der Waals surface area contributed by atoms with Gasteiger partial charge in [0.05, 0.1) is 15.9 Å². The average molecular weight is 339 g/mol. The second-order valence-corrected chi connectivity index (χ2v) is 5.91. The van der Waals surface area contributed by atoms with Gasteiger partial charge in [-0.2, -0.15) is 5.10 Å². The molecule has 0 spiro atoms. The van der Waals surface area contributed by atoms with Gasteiger partial charge in [-0.05, 0) is 53.0 Å². The number of nitrogens with zero attached hydrogens (tertiary/aromatic N) is 2. The summed E-state index contributed by atoms with van der Waals surface area (Å²) < 4.78 is 16.1. The second kappa shape index (κ2) is 6.53. The summed E-state index contributed by atoms with van der Waals surface area (Å²) in [5.41, 5.74) is 2.99. The molecule has 1 heterocycles. The predicted octanol–water partition coefficient (Wildman–Crippen LogP) is 5.20. The van der Waals surface area contributed by atoms with Gasteiger partial charge in [0.15, 0.2) is 0 Å². The van der Waals surface area contributed by atoms with E-state index in [1.165, 1.54) is 12.1 Å². The predicted molar refractivity (Wildman–Crippen MR) is 84.1 cm³/mol. The van der Waals surface area contributed by atoms with Crippen LogP contribution >= 0.6 is 15.9 Å². The maximum atomic E-state index is 13.1. The minimum Gasteiger partial charge on any atom is -0.263 e. The summed E-state index contributed by atoms with van der Waals surface area (Å²) in [6.45, 7) is 7.29. The summed E-state index contributed by atoms with van der Waals surface area (Å²) >= 11 is 3.61. The highest BCUT2D eigenvalue weighted by Gasteiger charge is 2.17. The van der Waals surface area contributed by atoms with Gasteiger partial charge in [0.1, 0.15) is 5.82 Å². The van der Waals surface area contributed by atoms with Crippen LogP contribution in [0.2, 0.25) is 0 Å². The van der Waals surface area contributed by atoms with Crippen molar-refractivity contribution < 1.29 is 4.39 Å². The zero-order chi connectivity index (χ0) is 14.7. The molecular formula is C16H20BrFN2. The van der Waals surface area contributed by atoms with E-state index < -0.39 is 0 Å². The van der Waals surface area contributed by atoms with Gasteiger partial charge in [-0.1, -0.05) is 26.7 Å². The van der Waals surface area contributed by atoms with Gasteiger partial charge < -0.3 is 0 Å². The summed E-state index contributed by atoms with van der Waals surface area (Å²) in [5, 5.41) is 4.62. The summed E-state index contributed by atoms with van der Waals surface area (Å²) in [6.07, 6.45) is 2.27. The Morgan fingerprint density at radius 3 is 2.35 bits per heavy atom. The minimum absolute atomic E-state index is 0.215. The molecule has 0 radical (unpaired) electrons. The number of rotatable bonds is 5. The van der Waals surface area contributed by atoms with E-state index in [1.807, 2.05) is 11.6 Å². The van der Waals surface area contributed by atoms with Crippen molar-refractivity contribution in [1.29, 1.82) is 0 Å². The SMILES string of the molecule is CCC(CC)Cn1nc(C)c(Br)c1-c1ccc(F)cc1. The van der Waals surface area contributed by atoms with Crippen molar-refractivity contribution >= 4 is 15.9 Å². The van der Waals surface area contributed by atoms with Crippen molar-refractivity contribution in [3.8, 4) is 11.3 Å². The van der Waals surface area contributed by atoms with E-state index in [-0.39, 0.29) is 5.82 Å². The Balaban J connectivity index is 2.43. The number of hydrogen-bond acceptors (Lipinski definition) is 1. The largest absolute Gasteiger partial charge is 0.263 e. The molecule has 0 amide bonds. The van der Waals surface area contributed by atoms with Gasteiger partial charge >= 0.3 is 0 Å². The lowest BCUT2D eigenvalue weighted by molar-refractivity contribution is 0.397. The average Bonchev–Trinajstić information content (AvgIpc) is 2.72. The highest BCUT2D eigenvalue weighted by Crippen LogP contribution is 2.32. The molecular weight excluding hydrogens is 319 g/mol. The van der Waals surface area contributed by atoms with Gasteiger partial charge in [-0.3, -0.25) is 4.68 Å². The van der Waals surface area contributed by atoms with Gasteiger partial charge in [0.25, 0.3) is 0 Å². The number of hydrogen-bond donors (Lipinski definition) is 0. The van der Waals surface area contributed by atoms with E-state index in [1.54, 1.807) is 12.1 Å². The third-order valence-corrected chi connectivity index (χ3v) is 4.71. The summed E-state index contributed by atoms with van der Waals surface area (Å²) in [7, 11) is 0. The second-order valence-electron chi connectivity index (χ2n) is 5.12. The molecule has 0 saturated carbocycles. The van der Waals surface area contributed by atoms with Crippen LogP contribution in [0.4, 0.5) is 4.39 Å². The van der Waals surface area contributed by atoms with Gasteiger partial charge in [0, 0.05) is 12.1 Å². The number of aromatic nitrogens is 2. The molecule has 2 rings (SSSR count). The van der Waals surface area contributed by atoms with Crippen molar-refractivity contribution in [2.24, 2.45) is 5.92 Å².